The summed E-state index contributed by atoms with van der Waals surface area (Å²) in [6.07, 6.45) is 0. The number of hydrogen-bond donors (Lipinski definition) is 1. The van der Waals surface area contributed by atoms with Gasteiger partial charge in [-0.25, -0.2) is 8.42 Å². The smallest absolute Gasteiger partial charge is 0.263 e. The summed E-state index contributed by atoms with van der Waals surface area (Å²) in [7, 11) is -3.70. The first-order chi connectivity index (χ1) is 11.1. The van der Waals surface area contributed by atoms with Crippen LogP contribution in [0.1, 0.15) is 19.4 Å². The molecule has 0 radical (unpaired) electrons. The predicted molar refractivity (Wildman–Crippen MR) is 91.5 cm³/mol. The molecule has 0 spiro atoms. The molecule has 0 fully saturated rings. The molecule has 122 valence electrons. The standard InChI is InChI=1S/C17H20N2O3S/c1-3-18-17(14-8-6-5-7-9-14)19-23(20,21)16-12-10-15(11-13-16)22-4-2/h5-13H,3-4H2,1-2H3,(H,18,19). The van der Waals surface area contributed by atoms with E-state index in [2.05, 4.69) is 9.71 Å². The average molecular weight is 332 g/mol. The third kappa shape index (κ3) is 4.56. The number of hydrogen-bond acceptors (Lipinski definition) is 4. The summed E-state index contributed by atoms with van der Waals surface area (Å²) in [5.41, 5.74) is 0.726. The molecule has 0 aliphatic carbocycles. The number of benzene rings is 2. The summed E-state index contributed by atoms with van der Waals surface area (Å²) >= 11 is 0. The molecule has 0 heterocycles. The second-order valence-corrected chi connectivity index (χ2v) is 6.38. The Kier molecular flexibility index (Phi) is 5.76. The molecule has 0 bridgehead atoms. The molecule has 0 atom stereocenters. The molecule has 0 aliphatic heterocycles. The second-order valence-electron chi connectivity index (χ2n) is 4.70. The Morgan fingerprint density at radius 1 is 1.04 bits per heavy atom. The van der Waals surface area contributed by atoms with Gasteiger partial charge in [0, 0.05) is 12.1 Å². The van der Waals surface area contributed by atoms with Crippen LogP contribution in [0.5, 0.6) is 5.75 Å². The van der Waals surface area contributed by atoms with Crippen LogP contribution in [0.15, 0.2) is 64.5 Å². The maximum Gasteiger partial charge on any atom is 0.263 e. The lowest BCUT2D eigenvalue weighted by atomic mass is 10.2. The van der Waals surface area contributed by atoms with Crippen molar-refractivity contribution in [2.24, 2.45) is 4.99 Å². The Hall–Kier alpha value is -2.34. The van der Waals surface area contributed by atoms with Crippen LogP contribution in [0, 0.1) is 0 Å². The van der Waals surface area contributed by atoms with Gasteiger partial charge in [-0.05, 0) is 38.1 Å². The van der Waals surface area contributed by atoms with Gasteiger partial charge in [0.15, 0.2) is 0 Å². The number of sulfonamides is 1. The topological polar surface area (TPSA) is 67.8 Å². The molecule has 2 rings (SSSR count). The van der Waals surface area contributed by atoms with Gasteiger partial charge >= 0.3 is 0 Å². The van der Waals surface area contributed by atoms with E-state index < -0.39 is 10.0 Å². The summed E-state index contributed by atoms with van der Waals surface area (Å²) in [6, 6.07) is 15.5. The van der Waals surface area contributed by atoms with Crippen molar-refractivity contribution in [3.05, 3.63) is 60.2 Å². The molecule has 0 saturated heterocycles. The van der Waals surface area contributed by atoms with Crippen LogP contribution >= 0.6 is 0 Å². The highest BCUT2D eigenvalue weighted by Gasteiger charge is 2.17. The normalized spacial score (nSPS) is 12.0. The van der Waals surface area contributed by atoms with Crippen LogP contribution < -0.4 is 9.46 Å². The molecule has 0 aliphatic rings. The lowest BCUT2D eigenvalue weighted by molar-refractivity contribution is 0.340. The van der Waals surface area contributed by atoms with Crippen molar-refractivity contribution >= 4 is 15.9 Å². The number of nitrogens with one attached hydrogen (secondary N) is 1. The molecule has 5 nitrogen and oxygen atoms in total. The van der Waals surface area contributed by atoms with Crippen LogP contribution in [0.3, 0.4) is 0 Å². The van der Waals surface area contributed by atoms with Crippen LogP contribution in [-0.4, -0.2) is 27.4 Å². The summed E-state index contributed by atoms with van der Waals surface area (Å²) in [6.45, 7) is 4.75. The van der Waals surface area contributed by atoms with Gasteiger partial charge in [-0.3, -0.25) is 9.71 Å². The molecule has 1 N–H and O–H groups in total. The monoisotopic (exact) mass is 332 g/mol. The van der Waals surface area contributed by atoms with E-state index in [1.807, 2.05) is 44.2 Å². The number of aliphatic imine (C=N–C) groups is 1. The van der Waals surface area contributed by atoms with E-state index in [1.165, 1.54) is 12.1 Å². The first-order valence-electron chi connectivity index (χ1n) is 7.42. The minimum absolute atomic E-state index is 0.167. The van der Waals surface area contributed by atoms with E-state index >= 15 is 0 Å². The summed E-state index contributed by atoms with van der Waals surface area (Å²) in [5, 5.41) is 0. The van der Waals surface area contributed by atoms with Gasteiger partial charge < -0.3 is 4.74 Å². The third-order valence-corrected chi connectivity index (χ3v) is 4.39. The minimum atomic E-state index is -3.70. The molecule has 23 heavy (non-hydrogen) atoms. The van der Waals surface area contributed by atoms with Gasteiger partial charge in [-0.2, -0.15) is 0 Å². The summed E-state index contributed by atoms with van der Waals surface area (Å²) in [4.78, 5) is 4.42. The van der Waals surface area contributed by atoms with Gasteiger partial charge in [0.1, 0.15) is 11.6 Å². The molecule has 0 amide bonds. The minimum Gasteiger partial charge on any atom is -0.494 e. The number of nitrogens with zero attached hydrogens (tertiary/aromatic N) is 1. The van der Waals surface area contributed by atoms with E-state index in [-0.39, 0.29) is 4.90 Å². The van der Waals surface area contributed by atoms with Crippen molar-refractivity contribution in [1.82, 2.24) is 4.72 Å². The molecular formula is C17H20N2O3S. The van der Waals surface area contributed by atoms with Gasteiger partial charge in [-0.1, -0.05) is 30.3 Å². The fourth-order valence-electron chi connectivity index (χ4n) is 2.00. The number of rotatable bonds is 6. The zero-order valence-corrected chi connectivity index (χ0v) is 14.0. The van der Waals surface area contributed by atoms with Crippen LogP contribution in [0.4, 0.5) is 0 Å². The van der Waals surface area contributed by atoms with E-state index in [1.54, 1.807) is 12.1 Å². The van der Waals surface area contributed by atoms with E-state index in [9.17, 15) is 8.42 Å². The molecule has 6 heteroatoms. The molecular weight excluding hydrogens is 312 g/mol. The van der Waals surface area contributed by atoms with E-state index in [4.69, 9.17) is 4.74 Å². The van der Waals surface area contributed by atoms with Gasteiger partial charge in [0.05, 0.1) is 11.5 Å². The molecule has 2 aromatic carbocycles. The Morgan fingerprint density at radius 3 is 2.26 bits per heavy atom. The van der Waals surface area contributed by atoms with Crippen molar-refractivity contribution in [3.8, 4) is 5.75 Å². The first kappa shape index (κ1) is 17.0. The third-order valence-electron chi connectivity index (χ3n) is 3.04. The highest BCUT2D eigenvalue weighted by Crippen LogP contribution is 2.16. The number of ether oxygens (including phenoxy) is 1. The van der Waals surface area contributed by atoms with Crippen molar-refractivity contribution < 1.29 is 13.2 Å². The van der Waals surface area contributed by atoms with Gasteiger partial charge in [0.25, 0.3) is 10.0 Å². The molecule has 2 aromatic rings. The van der Waals surface area contributed by atoms with Crippen molar-refractivity contribution in [1.29, 1.82) is 0 Å². The molecule has 0 unspecified atom stereocenters. The Bertz CT molecular complexity index is 754. The fraction of sp³-hybridized carbons (Fsp3) is 0.235. The largest absolute Gasteiger partial charge is 0.494 e. The van der Waals surface area contributed by atoms with Gasteiger partial charge in [-0.15, -0.1) is 0 Å². The fourth-order valence-corrected chi connectivity index (χ4v) is 3.05. The highest BCUT2D eigenvalue weighted by molar-refractivity contribution is 7.90. The predicted octanol–water partition coefficient (Wildman–Crippen LogP) is 2.83. The number of amidine groups is 1. The van der Waals surface area contributed by atoms with Crippen LogP contribution in [-0.2, 0) is 10.0 Å². The van der Waals surface area contributed by atoms with Crippen molar-refractivity contribution in [2.75, 3.05) is 13.2 Å². The maximum atomic E-state index is 12.5. The van der Waals surface area contributed by atoms with Crippen LogP contribution in [0.2, 0.25) is 0 Å². The first-order valence-corrected chi connectivity index (χ1v) is 8.90. The summed E-state index contributed by atoms with van der Waals surface area (Å²) in [5.74, 6) is 0.971. The average Bonchev–Trinajstić information content (AvgIpc) is 2.56. The Labute approximate surface area is 137 Å². The molecule has 0 aromatic heterocycles. The lowest BCUT2D eigenvalue weighted by Crippen LogP contribution is -2.31. The zero-order valence-electron chi connectivity index (χ0n) is 13.2. The van der Waals surface area contributed by atoms with Crippen molar-refractivity contribution in [3.63, 3.8) is 0 Å². The Morgan fingerprint density at radius 2 is 1.70 bits per heavy atom. The van der Waals surface area contributed by atoms with Gasteiger partial charge in [0.2, 0.25) is 0 Å². The Balaban J connectivity index is 2.26. The lowest BCUT2D eigenvalue weighted by Gasteiger charge is -2.11. The SMILES string of the molecule is CCN=C(NS(=O)(=O)c1ccc(OCC)cc1)c1ccccc1. The zero-order chi connectivity index (χ0) is 16.7. The molecule has 0 saturated carbocycles. The van der Waals surface area contributed by atoms with E-state index in [0.29, 0.717) is 24.7 Å². The highest BCUT2D eigenvalue weighted by atomic mass is 32.2. The van der Waals surface area contributed by atoms with Crippen LogP contribution in [0.25, 0.3) is 0 Å². The van der Waals surface area contributed by atoms with Crippen molar-refractivity contribution in [2.45, 2.75) is 18.7 Å². The summed E-state index contributed by atoms with van der Waals surface area (Å²) < 4.78 is 32.9. The maximum absolute atomic E-state index is 12.5. The quantitative estimate of drug-likeness (QED) is 0.653. The second kappa shape index (κ2) is 7.78. The van der Waals surface area contributed by atoms with E-state index in [0.717, 1.165) is 5.56 Å².